The van der Waals surface area contributed by atoms with Crippen molar-refractivity contribution in [3.05, 3.63) is 12.7 Å². The number of aromatic nitrogens is 4. The van der Waals surface area contributed by atoms with E-state index in [1.807, 2.05) is 0 Å². The minimum atomic E-state index is -1.00. The molecule has 1 aliphatic rings. The predicted octanol–water partition coefficient (Wildman–Crippen LogP) is 0.0516. The molecule has 0 bridgehead atoms. The molecule has 3 heterocycles. The Balaban J connectivity index is 1.60. The van der Waals surface area contributed by atoms with Crippen molar-refractivity contribution >= 4 is 34.7 Å². The number of carbonyl (C=O) groups is 1. The zero-order chi connectivity index (χ0) is 18.7. The van der Waals surface area contributed by atoms with Crippen LogP contribution < -0.4 is 11.1 Å². The van der Waals surface area contributed by atoms with Gasteiger partial charge in [0.2, 0.25) is 0 Å². The van der Waals surface area contributed by atoms with Gasteiger partial charge in [-0.05, 0) is 12.2 Å². The molecular formula is C15H22N6O4S. The van der Waals surface area contributed by atoms with Gasteiger partial charge in [-0.1, -0.05) is 0 Å². The highest BCUT2D eigenvalue weighted by Crippen LogP contribution is 2.33. The summed E-state index contributed by atoms with van der Waals surface area (Å²) in [4.78, 5) is 23.4. The maximum atomic E-state index is 10.7. The Morgan fingerprint density at radius 2 is 2.35 bits per heavy atom. The molecule has 5 N–H and O–H groups in total. The summed E-state index contributed by atoms with van der Waals surface area (Å²) >= 11 is 1.52. The third-order valence-corrected chi connectivity index (χ3v) is 5.37. The second-order valence-corrected chi connectivity index (χ2v) is 7.19. The van der Waals surface area contributed by atoms with E-state index in [0.717, 1.165) is 0 Å². The van der Waals surface area contributed by atoms with Crippen LogP contribution in [0.4, 0.5) is 5.82 Å². The number of hydrogen-bond donors (Lipinski definition) is 4. The minimum absolute atomic E-state index is 0.339. The molecule has 142 valence electrons. The van der Waals surface area contributed by atoms with E-state index < -0.39 is 18.1 Å². The number of nitrogens with zero attached hydrogens (tertiary/aromatic N) is 4. The van der Waals surface area contributed by atoms with Crippen molar-refractivity contribution in [2.24, 2.45) is 5.73 Å². The Morgan fingerprint density at radius 3 is 3.08 bits per heavy atom. The zero-order valence-corrected chi connectivity index (χ0v) is 15.1. The topological polar surface area (TPSA) is 148 Å². The predicted molar refractivity (Wildman–Crippen MR) is 97.0 cm³/mol. The standard InChI is InChI=1S/C15H22N6O4S/c1-17-13-12-14(19-6-18-13)21(7-20-12)11-4-9(22)10(25-11)5-26-3-2-8(16)15(23)24/h6-11,22H,2-5,16H2,1H3,(H,23,24)(H,17,18,19)/t8-,9+,10+,11+/m0/s1. The number of aliphatic hydroxyl groups excluding tert-OH is 1. The second-order valence-electron chi connectivity index (χ2n) is 6.04. The first-order chi connectivity index (χ1) is 12.5. The van der Waals surface area contributed by atoms with E-state index in [2.05, 4.69) is 20.3 Å². The van der Waals surface area contributed by atoms with Gasteiger partial charge in [0.1, 0.15) is 24.1 Å². The maximum absolute atomic E-state index is 10.7. The first-order valence-corrected chi connectivity index (χ1v) is 9.41. The SMILES string of the molecule is CNc1ncnc2c1ncn2[C@H]1C[C@@H](O)[C@@H](CSCC[C@H](N)C(=O)O)O1. The molecule has 10 nitrogen and oxygen atoms in total. The average molecular weight is 382 g/mol. The van der Waals surface area contributed by atoms with Crippen LogP contribution in [-0.2, 0) is 9.53 Å². The van der Waals surface area contributed by atoms with Crippen molar-refractivity contribution in [3.8, 4) is 0 Å². The molecular weight excluding hydrogens is 360 g/mol. The van der Waals surface area contributed by atoms with E-state index in [1.165, 1.54) is 18.1 Å². The highest BCUT2D eigenvalue weighted by molar-refractivity contribution is 7.99. The van der Waals surface area contributed by atoms with Gasteiger partial charge in [0.25, 0.3) is 0 Å². The summed E-state index contributed by atoms with van der Waals surface area (Å²) < 4.78 is 7.78. The molecule has 1 fully saturated rings. The lowest BCUT2D eigenvalue weighted by atomic mass is 10.2. The van der Waals surface area contributed by atoms with Crippen molar-refractivity contribution < 1.29 is 19.7 Å². The van der Waals surface area contributed by atoms with Gasteiger partial charge in [0.15, 0.2) is 11.5 Å². The van der Waals surface area contributed by atoms with E-state index >= 15 is 0 Å². The number of fused-ring (bicyclic) bond motifs is 1. The Bertz CT molecular complexity index is 772. The fourth-order valence-electron chi connectivity index (χ4n) is 2.81. The van der Waals surface area contributed by atoms with E-state index in [4.69, 9.17) is 15.6 Å². The number of rotatable bonds is 8. The van der Waals surface area contributed by atoms with Gasteiger partial charge in [0, 0.05) is 19.2 Å². The number of nitrogens with one attached hydrogen (secondary N) is 1. The summed E-state index contributed by atoms with van der Waals surface area (Å²) in [5.74, 6) is 0.789. The van der Waals surface area contributed by atoms with E-state index in [1.54, 1.807) is 17.9 Å². The van der Waals surface area contributed by atoms with Crippen LogP contribution in [0.25, 0.3) is 11.2 Å². The highest BCUT2D eigenvalue weighted by atomic mass is 32.2. The molecule has 1 aliphatic heterocycles. The number of ether oxygens (including phenoxy) is 1. The van der Waals surface area contributed by atoms with Gasteiger partial charge in [-0.25, -0.2) is 15.0 Å². The fourth-order valence-corrected chi connectivity index (χ4v) is 3.94. The number of carboxylic acid groups (broad SMARTS) is 1. The van der Waals surface area contributed by atoms with Crippen LogP contribution in [-0.4, -0.2) is 72.5 Å². The smallest absolute Gasteiger partial charge is 0.320 e. The Hall–Kier alpha value is -1.95. The molecule has 4 atom stereocenters. The number of hydrogen-bond acceptors (Lipinski definition) is 9. The van der Waals surface area contributed by atoms with Gasteiger partial charge in [-0.3, -0.25) is 9.36 Å². The van der Waals surface area contributed by atoms with E-state index in [9.17, 15) is 9.90 Å². The molecule has 1 saturated heterocycles. The van der Waals surface area contributed by atoms with Gasteiger partial charge in [-0.2, -0.15) is 11.8 Å². The third kappa shape index (κ3) is 3.90. The maximum Gasteiger partial charge on any atom is 0.320 e. The molecule has 11 heteroatoms. The lowest BCUT2D eigenvalue weighted by Gasteiger charge is -2.15. The number of aliphatic hydroxyl groups is 1. The van der Waals surface area contributed by atoms with Gasteiger partial charge >= 0.3 is 5.97 Å². The Morgan fingerprint density at radius 1 is 1.54 bits per heavy atom. The lowest BCUT2D eigenvalue weighted by molar-refractivity contribution is -0.138. The molecule has 2 aromatic heterocycles. The molecule has 0 radical (unpaired) electrons. The molecule has 0 amide bonds. The minimum Gasteiger partial charge on any atom is -0.480 e. The molecule has 0 spiro atoms. The summed E-state index contributed by atoms with van der Waals surface area (Å²) in [6.07, 6.45) is 2.60. The number of anilines is 1. The summed E-state index contributed by atoms with van der Waals surface area (Å²) in [6.45, 7) is 0. The van der Waals surface area contributed by atoms with Crippen LogP contribution in [0, 0.1) is 0 Å². The average Bonchev–Trinajstić information content (AvgIpc) is 3.21. The van der Waals surface area contributed by atoms with Crippen molar-refractivity contribution in [1.82, 2.24) is 19.5 Å². The van der Waals surface area contributed by atoms with E-state index in [-0.39, 0.29) is 12.3 Å². The lowest BCUT2D eigenvalue weighted by Crippen LogP contribution is -2.31. The first kappa shape index (κ1) is 18.8. The molecule has 2 aromatic rings. The number of imidazole rings is 1. The van der Waals surface area contributed by atoms with Crippen LogP contribution in [0.2, 0.25) is 0 Å². The van der Waals surface area contributed by atoms with Gasteiger partial charge in [-0.15, -0.1) is 0 Å². The summed E-state index contributed by atoms with van der Waals surface area (Å²) in [6, 6.07) is -0.858. The normalized spacial score (nSPS) is 24.0. The molecule has 0 saturated carbocycles. The summed E-state index contributed by atoms with van der Waals surface area (Å²) in [7, 11) is 1.76. The number of carboxylic acids is 1. The Kier molecular flexibility index (Phi) is 5.91. The van der Waals surface area contributed by atoms with Crippen molar-refractivity contribution in [2.45, 2.75) is 37.3 Å². The Labute approximate surface area is 154 Å². The van der Waals surface area contributed by atoms with Crippen LogP contribution in [0.1, 0.15) is 19.1 Å². The summed E-state index contributed by atoms with van der Waals surface area (Å²) in [5.41, 5.74) is 6.77. The molecule has 0 aliphatic carbocycles. The monoisotopic (exact) mass is 382 g/mol. The zero-order valence-electron chi connectivity index (χ0n) is 14.3. The largest absolute Gasteiger partial charge is 0.480 e. The van der Waals surface area contributed by atoms with Crippen LogP contribution >= 0.6 is 11.8 Å². The number of aliphatic carboxylic acids is 1. The quantitative estimate of drug-likeness (QED) is 0.461. The van der Waals surface area contributed by atoms with Crippen molar-refractivity contribution in [2.75, 3.05) is 23.9 Å². The van der Waals surface area contributed by atoms with Crippen LogP contribution in [0.5, 0.6) is 0 Å². The molecule has 3 rings (SSSR count). The highest BCUT2D eigenvalue weighted by Gasteiger charge is 2.35. The van der Waals surface area contributed by atoms with Crippen molar-refractivity contribution in [3.63, 3.8) is 0 Å². The molecule has 26 heavy (non-hydrogen) atoms. The van der Waals surface area contributed by atoms with Gasteiger partial charge in [0.05, 0.1) is 18.5 Å². The van der Waals surface area contributed by atoms with Crippen LogP contribution in [0.3, 0.4) is 0 Å². The van der Waals surface area contributed by atoms with Crippen LogP contribution in [0.15, 0.2) is 12.7 Å². The number of nitrogens with two attached hydrogens (primary N) is 1. The molecule has 0 aromatic carbocycles. The number of thioether (sulfide) groups is 1. The first-order valence-electron chi connectivity index (χ1n) is 8.26. The van der Waals surface area contributed by atoms with Crippen molar-refractivity contribution in [1.29, 1.82) is 0 Å². The summed E-state index contributed by atoms with van der Waals surface area (Å²) in [5, 5.41) is 22.0. The second kappa shape index (κ2) is 8.16. The third-order valence-electron chi connectivity index (χ3n) is 4.28. The fraction of sp³-hybridized carbons (Fsp3) is 0.600. The van der Waals surface area contributed by atoms with Gasteiger partial charge < -0.3 is 26.0 Å². The van der Waals surface area contributed by atoms with E-state index in [0.29, 0.717) is 41.3 Å². The molecule has 0 unspecified atom stereocenters.